The van der Waals surface area contributed by atoms with Crippen molar-refractivity contribution < 1.29 is 4.39 Å². The second-order valence-electron chi connectivity index (χ2n) is 3.27. The van der Waals surface area contributed by atoms with Gasteiger partial charge in [-0.1, -0.05) is 11.8 Å². The van der Waals surface area contributed by atoms with E-state index in [2.05, 4.69) is 15.3 Å². The number of thioether (sulfide) groups is 1. The molecule has 0 bridgehead atoms. The molecule has 1 fully saturated rings. The first kappa shape index (κ1) is 9.86. The highest BCUT2D eigenvalue weighted by molar-refractivity contribution is 7.99. The standard InChI is InChI=1S/C9H12FN3S/c10-7-4-12-9(13-5-7)14-8-2-1-3-11-6-8/h4-5,8,11H,1-3,6H2. The molecule has 0 aromatic carbocycles. The van der Waals surface area contributed by atoms with E-state index < -0.39 is 0 Å². The van der Waals surface area contributed by atoms with Crippen molar-refractivity contribution in [3.8, 4) is 0 Å². The Balaban J connectivity index is 1.92. The maximum atomic E-state index is 12.5. The van der Waals surface area contributed by atoms with Gasteiger partial charge in [0.15, 0.2) is 11.0 Å². The van der Waals surface area contributed by atoms with Gasteiger partial charge in [0.05, 0.1) is 12.4 Å². The summed E-state index contributed by atoms with van der Waals surface area (Å²) in [5.41, 5.74) is 0. The van der Waals surface area contributed by atoms with Crippen molar-refractivity contribution in [1.29, 1.82) is 0 Å². The van der Waals surface area contributed by atoms with Crippen molar-refractivity contribution in [2.45, 2.75) is 23.2 Å². The molecule has 1 aliphatic heterocycles. The van der Waals surface area contributed by atoms with Gasteiger partial charge in [0.1, 0.15) is 0 Å². The molecule has 1 atom stereocenters. The minimum absolute atomic E-state index is 0.379. The molecule has 0 amide bonds. The average molecular weight is 213 g/mol. The van der Waals surface area contributed by atoms with Gasteiger partial charge in [-0.3, -0.25) is 0 Å². The molecule has 2 heterocycles. The fourth-order valence-electron chi connectivity index (χ4n) is 1.43. The molecule has 0 radical (unpaired) electrons. The summed E-state index contributed by atoms with van der Waals surface area (Å²) in [5, 5.41) is 4.51. The van der Waals surface area contributed by atoms with E-state index in [1.165, 1.54) is 25.2 Å². The summed E-state index contributed by atoms with van der Waals surface area (Å²) in [6.45, 7) is 2.09. The third-order valence-electron chi connectivity index (χ3n) is 2.12. The predicted octanol–water partition coefficient (Wildman–Crippen LogP) is 1.46. The average Bonchev–Trinajstić information content (AvgIpc) is 2.23. The molecule has 1 saturated heterocycles. The van der Waals surface area contributed by atoms with Crippen LogP contribution in [0.2, 0.25) is 0 Å². The SMILES string of the molecule is Fc1cnc(SC2CCCNC2)nc1. The van der Waals surface area contributed by atoms with Gasteiger partial charge < -0.3 is 5.32 Å². The molecule has 14 heavy (non-hydrogen) atoms. The highest BCUT2D eigenvalue weighted by atomic mass is 32.2. The lowest BCUT2D eigenvalue weighted by molar-refractivity contribution is 0.530. The van der Waals surface area contributed by atoms with Crippen molar-refractivity contribution in [3.05, 3.63) is 18.2 Å². The summed E-state index contributed by atoms with van der Waals surface area (Å²) in [7, 11) is 0. The summed E-state index contributed by atoms with van der Waals surface area (Å²) in [6, 6.07) is 0. The third kappa shape index (κ3) is 2.65. The molecule has 0 aliphatic carbocycles. The molecule has 1 N–H and O–H groups in total. The number of piperidine rings is 1. The van der Waals surface area contributed by atoms with Gasteiger partial charge in [-0.25, -0.2) is 14.4 Å². The summed E-state index contributed by atoms with van der Waals surface area (Å²) >= 11 is 1.62. The normalized spacial score (nSPS) is 22.2. The third-order valence-corrected chi connectivity index (χ3v) is 3.28. The highest BCUT2D eigenvalue weighted by Crippen LogP contribution is 2.23. The minimum Gasteiger partial charge on any atom is -0.316 e. The summed E-state index contributed by atoms with van der Waals surface area (Å²) in [6.07, 6.45) is 4.80. The Bertz CT molecular complexity index is 285. The van der Waals surface area contributed by atoms with Crippen LogP contribution in [0.1, 0.15) is 12.8 Å². The molecule has 5 heteroatoms. The Labute approximate surface area is 86.5 Å². The fraction of sp³-hybridized carbons (Fsp3) is 0.556. The lowest BCUT2D eigenvalue weighted by atomic mass is 10.2. The molecule has 1 aromatic heterocycles. The predicted molar refractivity (Wildman–Crippen MR) is 53.7 cm³/mol. The minimum atomic E-state index is -0.379. The zero-order valence-electron chi connectivity index (χ0n) is 7.74. The van der Waals surface area contributed by atoms with Crippen molar-refractivity contribution >= 4 is 11.8 Å². The van der Waals surface area contributed by atoms with Gasteiger partial charge in [0.2, 0.25) is 0 Å². The summed E-state index contributed by atoms with van der Waals surface area (Å²) < 4.78 is 12.5. The number of hydrogen-bond donors (Lipinski definition) is 1. The summed E-state index contributed by atoms with van der Waals surface area (Å²) in [5.74, 6) is -0.379. The quantitative estimate of drug-likeness (QED) is 0.755. The topological polar surface area (TPSA) is 37.8 Å². The van der Waals surface area contributed by atoms with Crippen molar-refractivity contribution in [3.63, 3.8) is 0 Å². The van der Waals surface area contributed by atoms with E-state index in [0.717, 1.165) is 13.1 Å². The zero-order chi connectivity index (χ0) is 9.80. The van der Waals surface area contributed by atoms with Crippen LogP contribution in [0.25, 0.3) is 0 Å². The Morgan fingerprint density at radius 1 is 1.43 bits per heavy atom. The van der Waals surface area contributed by atoms with Gasteiger partial charge in [-0.2, -0.15) is 0 Å². The van der Waals surface area contributed by atoms with Gasteiger partial charge in [-0.15, -0.1) is 0 Å². The van der Waals surface area contributed by atoms with Crippen LogP contribution in [-0.2, 0) is 0 Å². The molecule has 2 rings (SSSR count). The second kappa shape index (κ2) is 4.70. The van der Waals surface area contributed by atoms with E-state index >= 15 is 0 Å². The van der Waals surface area contributed by atoms with Gasteiger partial charge in [0, 0.05) is 11.8 Å². The molecule has 1 aromatic rings. The molecule has 0 saturated carbocycles. The smallest absolute Gasteiger partial charge is 0.187 e. The van der Waals surface area contributed by atoms with Crippen LogP contribution in [0.15, 0.2) is 17.6 Å². The Morgan fingerprint density at radius 2 is 2.21 bits per heavy atom. The van der Waals surface area contributed by atoms with E-state index in [-0.39, 0.29) is 5.82 Å². The molecular formula is C9H12FN3S. The van der Waals surface area contributed by atoms with Gasteiger partial charge in [0.25, 0.3) is 0 Å². The highest BCUT2D eigenvalue weighted by Gasteiger charge is 2.15. The number of aromatic nitrogens is 2. The van der Waals surface area contributed by atoms with Crippen molar-refractivity contribution in [2.24, 2.45) is 0 Å². The van der Waals surface area contributed by atoms with Gasteiger partial charge in [-0.05, 0) is 19.4 Å². The largest absolute Gasteiger partial charge is 0.316 e. The Morgan fingerprint density at radius 3 is 2.86 bits per heavy atom. The van der Waals surface area contributed by atoms with E-state index in [4.69, 9.17) is 0 Å². The zero-order valence-corrected chi connectivity index (χ0v) is 8.56. The van der Waals surface area contributed by atoms with Crippen molar-refractivity contribution in [2.75, 3.05) is 13.1 Å². The molecular weight excluding hydrogens is 201 g/mol. The first-order valence-corrected chi connectivity index (χ1v) is 5.57. The first-order valence-electron chi connectivity index (χ1n) is 4.69. The maximum absolute atomic E-state index is 12.5. The van der Waals surface area contributed by atoms with E-state index in [1.54, 1.807) is 11.8 Å². The number of rotatable bonds is 2. The lowest BCUT2D eigenvalue weighted by Gasteiger charge is -2.20. The molecule has 0 spiro atoms. The Kier molecular flexibility index (Phi) is 3.31. The van der Waals surface area contributed by atoms with E-state index in [9.17, 15) is 4.39 Å². The van der Waals surface area contributed by atoms with Crippen LogP contribution in [0, 0.1) is 5.82 Å². The molecule has 3 nitrogen and oxygen atoms in total. The first-order chi connectivity index (χ1) is 6.84. The number of hydrogen-bond acceptors (Lipinski definition) is 4. The molecule has 1 aliphatic rings. The van der Waals surface area contributed by atoms with Crippen LogP contribution in [-0.4, -0.2) is 28.3 Å². The van der Waals surface area contributed by atoms with Crippen LogP contribution >= 0.6 is 11.8 Å². The van der Waals surface area contributed by atoms with Crippen molar-refractivity contribution in [1.82, 2.24) is 15.3 Å². The second-order valence-corrected chi connectivity index (χ2v) is 4.54. The number of halogens is 1. The Hall–Kier alpha value is -0.680. The number of nitrogens with zero attached hydrogens (tertiary/aromatic N) is 2. The lowest BCUT2D eigenvalue weighted by Crippen LogP contribution is -2.31. The monoisotopic (exact) mass is 213 g/mol. The fourth-order valence-corrected chi connectivity index (χ4v) is 2.44. The van der Waals surface area contributed by atoms with Crippen LogP contribution in [0.3, 0.4) is 0 Å². The van der Waals surface area contributed by atoms with Crippen LogP contribution in [0.4, 0.5) is 4.39 Å². The summed E-state index contributed by atoms with van der Waals surface area (Å²) in [4.78, 5) is 7.84. The molecule has 76 valence electrons. The maximum Gasteiger partial charge on any atom is 0.187 e. The van der Waals surface area contributed by atoms with E-state index in [0.29, 0.717) is 10.4 Å². The van der Waals surface area contributed by atoms with Gasteiger partial charge >= 0.3 is 0 Å². The molecule has 1 unspecified atom stereocenters. The number of nitrogens with one attached hydrogen (secondary N) is 1. The van der Waals surface area contributed by atoms with Crippen LogP contribution in [0.5, 0.6) is 0 Å². The van der Waals surface area contributed by atoms with E-state index in [1.807, 2.05) is 0 Å². The van der Waals surface area contributed by atoms with Crippen LogP contribution < -0.4 is 5.32 Å².